The molecule has 0 aliphatic carbocycles. The van der Waals surface area contributed by atoms with Crippen LogP contribution in [-0.4, -0.2) is 41.9 Å². The fraction of sp³-hybridized carbons (Fsp3) is 0.316. The number of amidine groups is 1. The molecular formula is C19H17ClF4N4OS. The van der Waals surface area contributed by atoms with Crippen molar-refractivity contribution in [2.24, 2.45) is 4.99 Å². The molecule has 1 amide bonds. The summed E-state index contributed by atoms with van der Waals surface area (Å²) in [5, 5.41) is 0.233. The average Bonchev–Trinajstić information content (AvgIpc) is 3.12. The molecule has 160 valence electrons. The van der Waals surface area contributed by atoms with Crippen LogP contribution >= 0.6 is 23.4 Å². The van der Waals surface area contributed by atoms with Gasteiger partial charge in [-0.2, -0.15) is 13.2 Å². The van der Waals surface area contributed by atoms with E-state index in [1.54, 1.807) is 6.26 Å². The number of carbonyl (C=O) groups excluding carboxylic acids is 1. The molecule has 3 rings (SSSR count). The van der Waals surface area contributed by atoms with Gasteiger partial charge in [-0.05, 0) is 43.5 Å². The number of rotatable bonds is 3. The molecule has 0 N–H and O–H groups in total. The van der Waals surface area contributed by atoms with E-state index in [9.17, 15) is 22.4 Å². The van der Waals surface area contributed by atoms with Crippen molar-refractivity contribution < 1.29 is 22.4 Å². The molecule has 1 aromatic carbocycles. The van der Waals surface area contributed by atoms with Gasteiger partial charge in [0.25, 0.3) is 5.91 Å². The normalized spacial score (nSPS) is 16.6. The molecule has 1 aliphatic rings. The van der Waals surface area contributed by atoms with Gasteiger partial charge in [-0.15, -0.1) is 0 Å². The Labute approximate surface area is 179 Å². The summed E-state index contributed by atoms with van der Waals surface area (Å²) in [6, 6.07) is 4.77. The number of pyridine rings is 1. The Morgan fingerprint density at radius 2 is 2.00 bits per heavy atom. The van der Waals surface area contributed by atoms with E-state index in [0.29, 0.717) is 10.9 Å². The maximum Gasteiger partial charge on any atom is 0.416 e. The minimum absolute atomic E-state index is 0.0168. The molecule has 11 heteroatoms. The Bertz CT molecular complexity index is 1010. The number of anilines is 2. The predicted octanol–water partition coefficient (Wildman–Crippen LogP) is 4.77. The molecule has 1 aliphatic heterocycles. The van der Waals surface area contributed by atoms with Crippen LogP contribution in [0.1, 0.15) is 11.3 Å². The summed E-state index contributed by atoms with van der Waals surface area (Å²) in [5.74, 6) is -1.08. The second-order valence-corrected chi connectivity index (χ2v) is 7.74. The highest BCUT2D eigenvalue weighted by molar-refractivity contribution is 8.13. The monoisotopic (exact) mass is 460 g/mol. The average molecular weight is 461 g/mol. The molecule has 30 heavy (non-hydrogen) atoms. The van der Waals surface area contributed by atoms with Crippen LogP contribution in [0.25, 0.3) is 0 Å². The van der Waals surface area contributed by atoms with E-state index in [4.69, 9.17) is 11.6 Å². The third-order valence-corrected chi connectivity index (χ3v) is 5.50. The number of amides is 1. The van der Waals surface area contributed by atoms with Crippen molar-refractivity contribution in [1.82, 2.24) is 4.98 Å². The summed E-state index contributed by atoms with van der Waals surface area (Å²) in [5.41, 5.74) is -0.351. The first-order valence-corrected chi connectivity index (χ1v) is 10.3. The molecule has 1 aromatic heterocycles. The van der Waals surface area contributed by atoms with Gasteiger partial charge in [0.15, 0.2) is 5.17 Å². The Morgan fingerprint density at radius 1 is 1.30 bits per heavy atom. The number of carbonyl (C=O) groups is 1. The number of benzene rings is 1. The Hall–Kier alpha value is -2.33. The van der Waals surface area contributed by atoms with Gasteiger partial charge in [-0.3, -0.25) is 14.7 Å². The molecule has 5 nitrogen and oxygen atoms in total. The van der Waals surface area contributed by atoms with Crippen molar-refractivity contribution in [3.63, 3.8) is 0 Å². The van der Waals surface area contributed by atoms with E-state index >= 15 is 0 Å². The number of likely N-dealkylation sites (N-methyl/N-ethyl adjacent to an activating group) is 1. The van der Waals surface area contributed by atoms with Gasteiger partial charge >= 0.3 is 6.18 Å². The fourth-order valence-corrected chi connectivity index (χ4v) is 3.84. The smallest absolute Gasteiger partial charge is 0.314 e. The minimum atomic E-state index is -4.56. The Balaban J connectivity index is 1.98. The molecule has 2 heterocycles. The number of alkyl halides is 3. The third-order valence-electron chi connectivity index (χ3n) is 4.52. The number of hydrogen-bond donors (Lipinski definition) is 0. The zero-order valence-corrected chi connectivity index (χ0v) is 17.7. The quantitative estimate of drug-likeness (QED) is 0.619. The standard InChI is InChI=1S/C19H17ClF4N4OS/c1-10-6-11(19(22,23)24)7-16(26-10)28-15(9-25-18(28)30-3)17(29)27(2)12-4-5-14(21)13(20)8-12/h4-8,15H,9H2,1-3H3. The highest BCUT2D eigenvalue weighted by Crippen LogP contribution is 2.34. The molecule has 2 aromatic rings. The summed E-state index contributed by atoms with van der Waals surface area (Å²) < 4.78 is 53.3. The molecule has 1 atom stereocenters. The highest BCUT2D eigenvalue weighted by atomic mass is 35.5. The van der Waals surface area contributed by atoms with Gasteiger partial charge in [-0.1, -0.05) is 23.4 Å². The summed E-state index contributed by atoms with van der Waals surface area (Å²) in [6.07, 6.45) is -2.84. The van der Waals surface area contributed by atoms with Crippen LogP contribution in [0.4, 0.5) is 29.1 Å². The van der Waals surface area contributed by atoms with Crippen molar-refractivity contribution in [2.75, 3.05) is 29.6 Å². The minimum Gasteiger partial charge on any atom is -0.314 e. The topological polar surface area (TPSA) is 48.8 Å². The lowest BCUT2D eigenvalue weighted by molar-refractivity contribution is -0.137. The van der Waals surface area contributed by atoms with Crippen LogP contribution in [0.2, 0.25) is 5.02 Å². The summed E-state index contributed by atoms with van der Waals surface area (Å²) in [7, 11) is 1.48. The zero-order chi connectivity index (χ0) is 22.2. The molecule has 0 saturated carbocycles. The van der Waals surface area contributed by atoms with Crippen molar-refractivity contribution in [3.05, 3.63) is 52.4 Å². The Kier molecular flexibility index (Phi) is 6.28. The fourth-order valence-electron chi connectivity index (χ4n) is 3.05. The first kappa shape index (κ1) is 22.4. The van der Waals surface area contributed by atoms with Crippen LogP contribution in [0, 0.1) is 12.7 Å². The maximum absolute atomic E-state index is 13.5. The maximum atomic E-state index is 13.5. The lowest BCUT2D eigenvalue weighted by Gasteiger charge is -2.29. The lowest BCUT2D eigenvalue weighted by atomic mass is 10.1. The molecule has 0 radical (unpaired) electrons. The van der Waals surface area contributed by atoms with Crippen molar-refractivity contribution in [3.8, 4) is 0 Å². The van der Waals surface area contributed by atoms with E-state index < -0.39 is 29.5 Å². The number of halogens is 5. The number of hydrogen-bond acceptors (Lipinski definition) is 5. The summed E-state index contributed by atoms with van der Waals surface area (Å²) >= 11 is 7.00. The second kappa shape index (κ2) is 8.43. The molecule has 0 fully saturated rings. The number of nitrogens with zero attached hydrogens (tertiary/aromatic N) is 4. The highest BCUT2D eigenvalue weighted by Gasteiger charge is 2.39. The number of aryl methyl sites for hydroxylation is 1. The van der Waals surface area contributed by atoms with E-state index in [0.717, 1.165) is 18.2 Å². The van der Waals surface area contributed by atoms with Gasteiger partial charge in [-0.25, -0.2) is 9.37 Å². The number of aliphatic imine (C=N–C) groups is 1. The van der Waals surface area contributed by atoms with Gasteiger partial charge in [0, 0.05) is 18.4 Å². The van der Waals surface area contributed by atoms with E-state index in [-0.39, 0.29) is 23.1 Å². The molecule has 0 saturated heterocycles. The van der Waals surface area contributed by atoms with Gasteiger partial charge in [0.1, 0.15) is 17.7 Å². The van der Waals surface area contributed by atoms with Crippen LogP contribution in [0.5, 0.6) is 0 Å². The van der Waals surface area contributed by atoms with Crippen LogP contribution in [-0.2, 0) is 11.0 Å². The lowest BCUT2D eigenvalue weighted by Crippen LogP contribution is -2.48. The second-order valence-electron chi connectivity index (χ2n) is 6.56. The number of thioether (sulfide) groups is 1. The van der Waals surface area contributed by atoms with Gasteiger partial charge in [0.05, 0.1) is 17.1 Å². The predicted molar refractivity (Wildman–Crippen MR) is 111 cm³/mol. The first-order chi connectivity index (χ1) is 14.0. The largest absolute Gasteiger partial charge is 0.416 e. The molecule has 0 spiro atoms. The van der Waals surface area contributed by atoms with Crippen LogP contribution in [0.15, 0.2) is 35.3 Å². The van der Waals surface area contributed by atoms with E-state index in [1.807, 2.05) is 0 Å². The van der Waals surface area contributed by atoms with Crippen molar-refractivity contribution in [2.45, 2.75) is 19.1 Å². The van der Waals surface area contributed by atoms with Gasteiger partial charge < -0.3 is 4.90 Å². The summed E-state index contributed by atoms with van der Waals surface area (Å²) in [6.45, 7) is 1.50. The number of aromatic nitrogens is 1. The van der Waals surface area contributed by atoms with E-state index in [1.165, 1.54) is 47.7 Å². The SMILES string of the molecule is CSC1=NCC(C(=O)N(C)c2ccc(F)c(Cl)c2)N1c1cc(C(F)(F)F)cc(C)n1. The molecule has 1 unspecified atom stereocenters. The van der Waals surface area contributed by atoms with Crippen molar-refractivity contribution in [1.29, 1.82) is 0 Å². The first-order valence-electron chi connectivity index (χ1n) is 8.69. The molecule has 0 bridgehead atoms. The Morgan fingerprint density at radius 3 is 2.60 bits per heavy atom. The molecular weight excluding hydrogens is 444 g/mol. The van der Waals surface area contributed by atoms with E-state index in [2.05, 4.69) is 9.98 Å². The summed E-state index contributed by atoms with van der Waals surface area (Å²) in [4.78, 5) is 24.3. The zero-order valence-electron chi connectivity index (χ0n) is 16.2. The van der Waals surface area contributed by atoms with Gasteiger partial charge in [0.2, 0.25) is 0 Å². The van der Waals surface area contributed by atoms with Crippen LogP contribution < -0.4 is 9.80 Å². The van der Waals surface area contributed by atoms with Crippen LogP contribution in [0.3, 0.4) is 0 Å². The van der Waals surface area contributed by atoms with Crippen molar-refractivity contribution >= 4 is 45.9 Å². The third kappa shape index (κ3) is 4.39.